The summed E-state index contributed by atoms with van der Waals surface area (Å²) in [5.74, 6) is -6.92. The van der Waals surface area contributed by atoms with Crippen LogP contribution in [0.2, 0.25) is 0 Å². The molecular formula is C46H73NO13. The molecule has 1 amide bonds. The van der Waals surface area contributed by atoms with Crippen molar-refractivity contribution in [2.75, 3.05) is 27.9 Å². The average Bonchev–Trinajstić information content (AvgIpc) is 3.21. The molecule has 0 aromatic heterocycles. The number of Topliss-reactive ketones (excluding diaryl/α,β-unsaturated/α-hetero) is 1. The van der Waals surface area contributed by atoms with E-state index < -0.39 is 90.2 Å². The van der Waals surface area contributed by atoms with Crippen LogP contribution in [0.25, 0.3) is 0 Å². The van der Waals surface area contributed by atoms with E-state index in [0.29, 0.717) is 56.9 Å². The topological polar surface area (TPSA) is 188 Å². The zero-order valence-corrected chi connectivity index (χ0v) is 37.4. The zero-order valence-electron chi connectivity index (χ0n) is 37.4. The SMILES string of the molecule is C=CCC1/C=C(\C)CC(C)CC(OC)C2OC(O)(C(C)CC2OC)C(OC(C)=O)C(=O)N2CCCCC2C(=O)OC(C(C)=CC2CCC(O)C(OC)C2)C(C)C(O)CC1=O. The molecule has 14 nitrogen and oxygen atoms in total. The van der Waals surface area contributed by atoms with Crippen LogP contribution in [0.1, 0.15) is 112 Å². The highest BCUT2D eigenvalue weighted by Crippen LogP contribution is 2.41. The summed E-state index contributed by atoms with van der Waals surface area (Å²) in [6.45, 7) is 14.4. The quantitative estimate of drug-likeness (QED) is 0.219. The Kier molecular flexibility index (Phi) is 18.5. The Bertz CT molecular complexity index is 1550. The average molecular weight is 848 g/mol. The van der Waals surface area contributed by atoms with Crippen LogP contribution in [0.4, 0.5) is 0 Å². The van der Waals surface area contributed by atoms with Crippen LogP contribution in [0.15, 0.2) is 36.0 Å². The minimum absolute atomic E-state index is 0.00392. The number of ketones is 1. The third-order valence-corrected chi connectivity index (χ3v) is 13.3. The van der Waals surface area contributed by atoms with Gasteiger partial charge in [0.25, 0.3) is 5.91 Å². The van der Waals surface area contributed by atoms with Crippen molar-refractivity contribution in [2.45, 2.75) is 173 Å². The molecule has 0 spiro atoms. The lowest BCUT2D eigenvalue weighted by Gasteiger charge is -2.50. The number of nitrogens with zero attached hydrogens (tertiary/aromatic N) is 1. The molecule has 15 unspecified atom stereocenters. The van der Waals surface area contributed by atoms with Crippen molar-refractivity contribution in [1.82, 2.24) is 4.90 Å². The van der Waals surface area contributed by atoms with Crippen LogP contribution < -0.4 is 0 Å². The fourth-order valence-corrected chi connectivity index (χ4v) is 9.85. The van der Waals surface area contributed by atoms with E-state index in [4.69, 9.17) is 28.4 Å². The second kappa shape index (κ2) is 22.4. The second-order valence-electron chi connectivity index (χ2n) is 18.0. The van der Waals surface area contributed by atoms with Crippen LogP contribution in [0.3, 0.4) is 0 Å². The molecule has 340 valence electrons. The maximum absolute atomic E-state index is 14.8. The zero-order chi connectivity index (χ0) is 44.5. The number of methoxy groups -OCH3 is 3. The maximum Gasteiger partial charge on any atom is 0.329 e. The fraction of sp³-hybridized carbons (Fsp3) is 0.783. The van der Waals surface area contributed by atoms with Gasteiger partial charge in [-0.2, -0.15) is 0 Å². The predicted molar refractivity (Wildman–Crippen MR) is 223 cm³/mol. The number of hydrogen-bond donors (Lipinski definition) is 3. The van der Waals surface area contributed by atoms with Crippen LogP contribution in [-0.4, -0.2) is 132 Å². The molecule has 4 rings (SSSR count). The molecule has 1 saturated carbocycles. The predicted octanol–water partition coefficient (Wildman–Crippen LogP) is 5.00. The van der Waals surface area contributed by atoms with Gasteiger partial charge >= 0.3 is 11.9 Å². The fourth-order valence-electron chi connectivity index (χ4n) is 9.85. The third-order valence-electron chi connectivity index (χ3n) is 13.3. The lowest BCUT2D eigenvalue weighted by Crippen LogP contribution is -2.67. The van der Waals surface area contributed by atoms with Crippen LogP contribution in [0.5, 0.6) is 0 Å². The van der Waals surface area contributed by atoms with Gasteiger partial charge in [-0.25, -0.2) is 4.79 Å². The van der Waals surface area contributed by atoms with Crippen LogP contribution >= 0.6 is 0 Å². The molecule has 0 aromatic carbocycles. The summed E-state index contributed by atoms with van der Waals surface area (Å²) in [5, 5.41) is 34.8. The van der Waals surface area contributed by atoms with E-state index in [1.54, 1.807) is 41.3 Å². The van der Waals surface area contributed by atoms with E-state index in [9.17, 15) is 34.5 Å². The number of esters is 2. The van der Waals surface area contributed by atoms with Crippen molar-refractivity contribution >= 4 is 23.6 Å². The largest absolute Gasteiger partial charge is 0.456 e. The second-order valence-corrected chi connectivity index (χ2v) is 18.0. The van der Waals surface area contributed by atoms with Crippen molar-refractivity contribution in [3.63, 3.8) is 0 Å². The van der Waals surface area contributed by atoms with Crippen molar-refractivity contribution in [2.24, 2.45) is 29.6 Å². The number of aliphatic hydroxyl groups excluding tert-OH is 2. The van der Waals surface area contributed by atoms with E-state index >= 15 is 0 Å². The number of carbonyl (C=O) groups is 4. The van der Waals surface area contributed by atoms with Gasteiger partial charge in [-0.15, -0.1) is 6.58 Å². The number of piperidine rings is 1. The number of fused-ring (bicyclic) bond motifs is 3. The third kappa shape index (κ3) is 12.1. The first-order chi connectivity index (χ1) is 28.4. The summed E-state index contributed by atoms with van der Waals surface area (Å²) in [4.78, 5) is 57.4. The van der Waals surface area contributed by atoms with Crippen molar-refractivity contribution < 1.29 is 62.9 Å². The molecule has 4 aliphatic rings. The van der Waals surface area contributed by atoms with Gasteiger partial charge in [0.15, 0.2) is 0 Å². The number of allylic oxidation sites excluding steroid dienone is 4. The summed E-state index contributed by atoms with van der Waals surface area (Å²) < 4.78 is 36.0. The normalized spacial score (nSPS) is 40.6. The number of carbonyl (C=O) groups excluding carboxylic acids is 4. The highest BCUT2D eigenvalue weighted by Gasteiger charge is 2.58. The molecule has 3 aliphatic heterocycles. The van der Waals surface area contributed by atoms with E-state index in [1.807, 2.05) is 32.9 Å². The number of hydrogen-bond acceptors (Lipinski definition) is 13. The monoisotopic (exact) mass is 848 g/mol. The molecule has 3 N–H and O–H groups in total. The highest BCUT2D eigenvalue weighted by molar-refractivity contribution is 5.89. The Morgan fingerprint density at radius 2 is 1.60 bits per heavy atom. The summed E-state index contributed by atoms with van der Waals surface area (Å²) in [6, 6.07) is -1.12. The first-order valence-electron chi connectivity index (χ1n) is 21.9. The number of aliphatic hydroxyl groups is 3. The van der Waals surface area contributed by atoms with Gasteiger partial charge in [-0.3, -0.25) is 14.4 Å². The molecule has 14 heteroatoms. The van der Waals surface area contributed by atoms with Crippen LogP contribution in [-0.2, 0) is 47.6 Å². The summed E-state index contributed by atoms with van der Waals surface area (Å²) in [6.07, 6.45) is 3.15. The van der Waals surface area contributed by atoms with Crippen molar-refractivity contribution in [3.05, 3.63) is 36.0 Å². The number of rotatable bonds is 8. The summed E-state index contributed by atoms with van der Waals surface area (Å²) >= 11 is 0. The first kappa shape index (κ1) is 49.7. The van der Waals surface area contributed by atoms with E-state index in [1.165, 1.54) is 4.90 Å². The Hall–Kier alpha value is -2.98. The first-order valence-corrected chi connectivity index (χ1v) is 21.9. The minimum Gasteiger partial charge on any atom is -0.456 e. The molecule has 0 aromatic rings. The molecule has 2 bridgehead atoms. The van der Waals surface area contributed by atoms with E-state index in [2.05, 4.69) is 6.58 Å². The van der Waals surface area contributed by atoms with Crippen LogP contribution in [0, 0.1) is 29.6 Å². The molecule has 0 radical (unpaired) electrons. The summed E-state index contributed by atoms with van der Waals surface area (Å²) in [5.41, 5.74) is 1.61. The Morgan fingerprint density at radius 3 is 2.23 bits per heavy atom. The van der Waals surface area contributed by atoms with Crippen molar-refractivity contribution in [1.29, 1.82) is 0 Å². The molecule has 60 heavy (non-hydrogen) atoms. The van der Waals surface area contributed by atoms with E-state index in [-0.39, 0.29) is 49.5 Å². The Balaban J connectivity index is 1.83. The van der Waals surface area contributed by atoms with Crippen molar-refractivity contribution in [3.8, 4) is 0 Å². The number of ether oxygens (including phenoxy) is 6. The molecule has 2 saturated heterocycles. The van der Waals surface area contributed by atoms with Gasteiger partial charge in [0, 0.05) is 59.0 Å². The van der Waals surface area contributed by atoms with Gasteiger partial charge < -0.3 is 48.6 Å². The molecule has 3 fully saturated rings. The molecule has 15 atom stereocenters. The minimum atomic E-state index is -2.32. The van der Waals surface area contributed by atoms with Gasteiger partial charge in [-0.1, -0.05) is 44.6 Å². The Morgan fingerprint density at radius 1 is 0.933 bits per heavy atom. The number of cyclic esters (lactones) is 1. The van der Waals surface area contributed by atoms with Gasteiger partial charge in [0.2, 0.25) is 11.9 Å². The smallest absolute Gasteiger partial charge is 0.329 e. The lowest BCUT2D eigenvalue weighted by atomic mass is 9.81. The van der Waals surface area contributed by atoms with Gasteiger partial charge in [0.1, 0.15) is 24.0 Å². The highest BCUT2D eigenvalue weighted by atomic mass is 16.7. The molecule has 3 heterocycles. The molecular weight excluding hydrogens is 774 g/mol. The Labute approximate surface area is 357 Å². The number of amides is 1. The standard InChI is InChI=1S/C46H73NO13/c1-11-14-33-20-26(2)19-27(3)21-39(56-9)42-40(57-10)23-29(5)46(54,60-42)43(58-31(7)48)44(52)47-18-13-12-15-34(47)45(53)59-41(30(6)36(50)25-37(33)51)28(4)22-32-16-17-35(49)38(24-32)55-8/h11,20,22,27,29-30,32-36,38-43,49-50,54H,1,12-19,21,23-25H2,2-10H3/b26-20+,28-22?. The van der Waals surface area contributed by atoms with Gasteiger partial charge in [0.05, 0.1) is 30.5 Å². The molecule has 1 aliphatic carbocycles. The lowest BCUT2D eigenvalue weighted by molar-refractivity contribution is -0.347. The van der Waals surface area contributed by atoms with Gasteiger partial charge in [-0.05, 0) is 95.5 Å². The maximum atomic E-state index is 14.8. The van der Waals surface area contributed by atoms with E-state index in [0.717, 1.165) is 12.5 Å². The summed E-state index contributed by atoms with van der Waals surface area (Å²) in [7, 11) is 4.64.